The third-order valence-corrected chi connectivity index (χ3v) is 6.56. The van der Waals surface area contributed by atoms with Gasteiger partial charge in [0.05, 0.1) is 18.2 Å². The van der Waals surface area contributed by atoms with Crippen molar-refractivity contribution in [2.45, 2.75) is 19.0 Å². The third kappa shape index (κ3) is 3.49. The molecule has 2 amide bonds. The minimum Gasteiger partial charge on any atom is -0.296 e. The summed E-state index contributed by atoms with van der Waals surface area (Å²) in [6.07, 6.45) is 0.269. The summed E-state index contributed by atoms with van der Waals surface area (Å²) in [6, 6.07) is 11.3. The van der Waals surface area contributed by atoms with Crippen molar-refractivity contribution in [3.05, 3.63) is 51.1 Å². The number of carbonyl (C=O) groups excluding carboxylic acids is 2. The number of hydrogen-bond donors (Lipinski definition) is 0. The Bertz CT molecular complexity index is 803. The number of rotatable bonds is 4. The fourth-order valence-electron chi connectivity index (χ4n) is 3.64. The van der Waals surface area contributed by atoms with Crippen LogP contribution in [0.1, 0.15) is 11.3 Å². The molecule has 2 saturated heterocycles. The second-order valence-corrected chi connectivity index (χ2v) is 8.52. The average molecular weight is 434 g/mol. The first-order valence-corrected chi connectivity index (χ1v) is 10.4. The highest BCUT2D eigenvalue weighted by molar-refractivity contribution is 9.10. The van der Waals surface area contributed by atoms with E-state index in [-0.39, 0.29) is 24.3 Å². The van der Waals surface area contributed by atoms with Crippen LogP contribution in [0.4, 0.5) is 5.69 Å². The van der Waals surface area contributed by atoms with E-state index in [9.17, 15) is 9.59 Å². The summed E-state index contributed by atoms with van der Waals surface area (Å²) < 4.78 is 0.767. The van der Waals surface area contributed by atoms with E-state index in [4.69, 9.17) is 0 Å². The van der Waals surface area contributed by atoms with Gasteiger partial charge in [0.2, 0.25) is 5.91 Å². The topological polar surface area (TPSA) is 43.9 Å². The molecule has 0 bridgehead atoms. The van der Waals surface area contributed by atoms with Crippen molar-refractivity contribution >= 4 is 44.8 Å². The molecule has 4 rings (SSSR count). The summed E-state index contributed by atoms with van der Waals surface area (Å²) >= 11 is 5.23. The highest BCUT2D eigenvalue weighted by Crippen LogP contribution is 2.31. The Morgan fingerprint density at radius 2 is 1.81 bits per heavy atom. The summed E-state index contributed by atoms with van der Waals surface area (Å²) in [4.78, 5) is 32.7. The SMILES string of the molecule is O=C1C[C@H](N2CCN(Cc3cccs3)CC2)C(=O)N1c1ccccc1Br. The minimum atomic E-state index is -0.335. The monoisotopic (exact) mass is 433 g/mol. The van der Waals surface area contributed by atoms with Gasteiger partial charge in [-0.15, -0.1) is 11.3 Å². The van der Waals surface area contributed by atoms with Gasteiger partial charge in [0.1, 0.15) is 0 Å². The van der Waals surface area contributed by atoms with Crippen LogP contribution in [0.15, 0.2) is 46.3 Å². The van der Waals surface area contributed by atoms with Crippen LogP contribution in [0.2, 0.25) is 0 Å². The summed E-state index contributed by atoms with van der Waals surface area (Å²) in [6.45, 7) is 4.44. The average Bonchev–Trinajstić information content (AvgIpc) is 3.25. The highest BCUT2D eigenvalue weighted by Gasteiger charge is 2.43. The Labute approximate surface area is 165 Å². The number of benzene rings is 1. The lowest BCUT2D eigenvalue weighted by Crippen LogP contribution is -2.52. The molecule has 1 aromatic carbocycles. The molecule has 136 valence electrons. The van der Waals surface area contributed by atoms with Crippen molar-refractivity contribution in [1.29, 1.82) is 0 Å². The van der Waals surface area contributed by atoms with Crippen molar-refractivity contribution in [2.75, 3.05) is 31.1 Å². The normalized spacial score (nSPS) is 22.3. The van der Waals surface area contributed by atoms with E-state index in [0.717, 1.165) is 37.2 Å². The second-order valence-electron chi connectivity index (χ2n) is 6.63. The Hall–Kier alpha value is -1.54. The van der Waals surface area contributed by atoms with Gasteiger partial charge < -0.3 is 0 Å². The predicted molar refractivity (Wildman–Crippen MR) is 106 cm³/mol. The predicted octanol–water partition coefficient (Wildman–Crippen LogP) is 2.96. The Balaban J connectivity index is 1.41. The van der Waals surface area contributed by atoms with Gasteiger partial charge in [-0.25, -0.2) is 4.90 Å². The zero-order chi connectivity index (χ0) is 18.1. The standard InChI is InChI=1S/C19H20BrN3O2S/c20-15-5-1-2-6-16(15)23-18(24)12-17(19(23)25)22-9-7-21(8-10-22)13-14-4-3-11-26-14/h1-6,11,17H,7-10,12-13H2/t17-/m0/s1. The van der Waals surface area contributed by atoms with Gasteiger partial charge in [0.25, 0.3) is 5.91 Å². The van der Waals surface area contributed by atoms with Gasteiger partial charge in [0.15, 0.2) is 0 Å². The number of piperazine rings is 1. The summed E-state index contributed by atoms with van der Waals surface area (Å²) in [5, 5.41) is 2.10. The molecule has 3 heterocycles. The smallest absolute Gasteiger partial charge is 0.251 e. The third-order valence-electron chi connectivity index (χ3n) is 5.02. The van der Waals surface area contributed by atoms with Crippen LogP contribution < -0.4 is 4.90 Å². The van der Waals surface area contributed by atoms with Crippen molar-refractivity contribution < 1.29 is 9.59 Å². The molecule has 0 aliphatic carbocycles. The molecule has 0 saturated carbocycles. The summed E-state index contributed by atoms with van der Waals surface area (Å²) in [7, 11) is 0. The number of hydrogen-bond acceptors (Lipinski definition) is 5. The lowest BCUT2D eigenvalue weighted by atomic mass is 10.1. The number of carbonyl (C=O) groups is 2. The number of thiophene rings is 1. The molecule has 2 aromatic rings. The second kappa shape index (κ2) is 7.60. The van der Waals surface area contributed by atoms with E-state index in [1.807, 2.05) is 18.2 Å². The molecule has 1 aromatic heterocycles. The molecule has 2 fully saturated rings. The highest BCUT2D eigenvalue weighted by atomic mass is 79.9. The van der Waals surface area contributed by atoms with Crippen LogP contribution in [-0.4, -0.2) is 53.8 Å². The number of anilines is 1. The largest absolute Gasteiger partial charge is 0.296 e. The van der Waals surface area contributed by atoms with Crippen LogP contribution in [0, 0.1) is 0 Å². The Morgan fingerprint density at radius 3 is 2.50 bits per heavy atom. The maximum absolute atomic E-state index is 12.9. The maximum atomic E-state index is 12.9. The molecule has 0 radical (unpaired) electrons. The van der Waals surface area contributed by atoms with Crippen molar-refractivity contribution in [2.24, 2.45) is 0 Å². The number of para-hydroxylation sites is 1. The molecule has 1 atom stereocenters. The zero-order valence-corrected chi connectivity index (χ0v) is 16.7. The first-order valence-electron chi connectivity index (χ1n) is 8.73. The van der Waals surface area contributed by atoms with Crippen molar-refractivity contribution in [3.8, 4) is 0 Å². The van der Waals surface area contributed by atoms with E-state index in [0.29, 0.717) is 5.69 Å². The first kappa shape index (κ1) is 17.9. The zero-order valence-electron chi connectivity index (χ0n) is 14.3. The van der Waals surface area contributed by atoms with Gasteiger partial charge in [0, 0.05) is 42.1 Å². The molecule has 0 N–H and O–H groups in total. The molecule has 26 heavy (non-hydrogen) atoms. The lowest BCUT2D eigenvalue weighted by Gasteiger charge is -2.36. The van der Waals surface area contributed by atoms with Gasteiger partial charge in [-0.2, -0.15) is 0 Å². The number of amides is 2. The molecule has 0 spiro atoms. The summed E-state index contributed by atoms with van der Waals surface area (Å²) in [5.41, 5.74) is 0.640. The van der Waals surface area contributed by atoms with E-state index in [1.165, 1.54) is 9.78 Å². The molecular formula is C19H20BrN3O2S. The van der Waals surface area contributed by atoms with Crippen molar-refractivity contribution in [1.82, 2.24) is 9.80 Å². The van der Waals surface area contributed by atoms with Crippen LogP contribution in [0.25, 0.3) is 0 Å². The van der Waals surface area contributed by atoms with Gasteiger partial charge in [-0.3, -0.25) is 19.4 Å². The van der Waals surface area contributed by atoms with E-state index in [1.54, 1.807) is 17.4 Å². The molecule has 0 unspecified atom stereocenters. The molecule has 2 aliphatic rings. The summed E-state index contributed by atoms with van der Waals surface area (Å²) in [5.74, 6) is -0.221. The fourth-order valence-corrected chi connectivity index (χ4v) is 4.85. The van der Waals surface area contributed by atoms with Crippen molar-refractivity contribution in [3.63, 3.8) is 0 Å². The Kier molecular flexibility index (Phi) is 5.22. The molecule has 7 heteroatoms. The maximum Gasteiger partial charge on any atom is 0.251 e. The number of nitrogens with zero attached hydrogens (tertiary/aromatic N) is 3. The van der Waals surface area contributed by atoms with Crippen LogP contribution in [-0.2, 0) is 16.1 Å². The quantitative estimate of drug-likeness (QED) is 0.695. The Morgan fingerprint density at radius 1 is 1.04 bits per heavy atom. The van der Waals surface area contributed by atoms with Crippen LogP contribution in [0.3, 0.4) is 0 Å². The lowest BCUT2D eigenvalue weighted by molar-refractivity contribution is -0.123. The first-order chi connectivity index (χ1) is 12.6. The molecular weight excluding hydrogens is 414 g/mol. The fraction of sp³-hybridized carbons (Fsp3) is 0.368. The minimum absolute atomic E-state index is 0.103. The molecule has 5 nitrogen and oxygen atoms in total. The van der Waals surface area contributed by atoms with Gasteiger partial charge >= 0.3 is 0 Å². The van der Waals surface area contributed by atoms with E-state index in [2.05, 4.69) is 43.2 Å². The number of halogens is 1. The van der Waals surface area contributed by atoms with E-state index >= 15 is 0 Å². The number of imide groups is 1. The van der Waals surface area contributed by atoms with E-state index < -0.39 is 0 Å². The van der Waals surface area contributed by atoms with Crippen LogP contribution >= 0.6 is 27.3 Å². The van der Waals surface area contributed by atoms with Gasteiger partial charge in [-0.1, -0.05) is 18.2 Å². The molecule has 2 aliphatic heterocycles. The van der Waals surface area contributed by atoms with Crippen LogP contribution in [0.5, 0.6) is 0 Å². The van der Waals surface area contributed by atoms with Gasteiger partial charge in [-0.05, 0) is 39.5 Å².